The normalized spacial score (nSPS) is 10.5. The van der Waals surface area contributed by atoms with E-state index in [1.54, 1.807) is 0 Å². The number of fused-ring (bicyclic) bond motifs is 1. The number of para-hydroxylation sites is 1. The number of hydrogen-bond acceptors (Lipinski definition) is 0. The molecule has 0 aliphatic carbocycles. The van der Waals surface area contributed by atoms with Crippen LogP contribution in [0, 0.1) is 0 Å². The van der Waals surface area contributed by atoms with Crippen LogP contribution in [0.25, 0.3) is 10.9 Å². The molecule has 48 valence electrons. The zero-order valence-electron chi connectivity index (χ0n) is 5.46. The van der Waals surface area contributed by atoms with Gasteiger partial charge in [0.1, 0.15) is 0 Å². The van der Waals surface area contributed by atoms with Gasteiger partial charge >= 0.3 is 72.5 Å². The first kappa shape index (κ1) is 6.28. The predicted molar refractivity (Wildman–Crippen MR) is 45.1 cm³/mol. The molecule has 0 bridgehead atoms. The second-order valence-corrected chi connectivity index (χ2v) is 4.06. The molecule has 1 aromatic heterocycles. The molecule has 0 amide bonds. The first-order chi connectivity index (χ1) is 4.88. The van der Waals surface area contributed by atoms with Crippen LogP contribution in [0.2, 0.25) is 0 Å². The van der Waals surface area contributed by atoms with E-state index in [1.165, 1.54) is 37.0 Å². The van der Waals surface area contributed by atoms with Crippen LogP contribution in [0.4, 0.5) is 0 Å². The Kier molecular flexibility index (Phi) is 1.45. The fourth-order valence-corrected chi connectivity index (χ4v) is 2.05. The van der Waals surface area contributed by atoms with E-state index in [4.69, 9.17) is 0 Å². The van der Waals surface area contributed by atoms with Crippen molar-refractivity contribution in [3.63, 3.8) is 0 Å². The number of hydrogen-bond donors (Lipinski definition) is 1. The number of aromatic amines is 1. The quantitative estimate of drug-likeness (QED) is 0.647. The summed E-state index contributed by atoms with van der Waals surface area (Å²) in [4.78, 5) is 3.22. The van der Waals surface area contributed by atoms with Crippen molar-refractivity contribution in [2.45, 2.75) is 0 Å². The second-order valence-electron chi connectivity index (χ2n) is 2.29. The summed E-state index contributed by atoms with van der Waals surface area (Å²) in [7, 11) is 0. The number of benzene rings is 1. The fraction of sp³-hybridized carbons (Fsp3) is 0. The van der Waals surface area contributed by atoms with Crippen molar-refractivity contribution in [3.05, 3.63) is 30.5 Å². The van der Waals surface area contributed by atoms with Crippen LogP contribution in [0.5, 0.6) is 0 Å². The van der Waals surface area contributed by atoms with Gasteiger partial charge in [0.05, 0.1) is 0 Å². The molecule has 2 aromatic rings. The third kappa shape index (κ3) is 0.850. The van der Waals surface area contributed by atoms with Gasteiger partial charge in [0.25, 0.3) is 0 Å². The first-order valence-corrected chi connectivity index (χ1v) is 4.84. The molecule has 0 spiro atoms. The van der Waals surface area contributed by atoms with Gasteiger partial charge in [0.2, 0.25) is 0 Å². The van der Waals surface area contributed by atoms with Crippen LogP contribution in [0.15, 0.2) is 30.5 Å². The average molecular weight is 236 g/mol. The Morgan fingerprint density at radius 2 is 2.00 bits per heavy atom. The maximum atomic E-state index is 3.22. The van der Waals surface area contributed by atoms with Gasteiger partial charge in [-0.15, -0.1) is 0 Å². The summed E-state index contributed by atoms with van der Waals surface area (Å²) in [6.45, 7) is 0. The molecule has 2 heteroatoms. The van der Waals surface area contributed by atoms with Crippen LogP contribution in [-0.4, -0.2) is 27.5 Å². The minimum absolute atomic E-state index is 1.19. The van der Waals surface area contributed by atoms with Crippen molar-refractivity contribution in [1.29, 1.82) is 0 Å². The van der Waals surface area contributed by atoms with Gasteiger partial charge in [0.15, 0.2) is 0 Å². The molecule has 1 aromatic carbocycles. The summed E-state index contributed by atoms with van der Waals surface area (Å²) in [5.74, 6) is 0. The number of H-pyrrole nitrogens is 1. The molecule has 2 radical (unpaired) electrons. The Morgan fingerprint density at radius 1 is 1.20 bits per heavy atom. The van der Waals surface area contributed by atoms with E-state index < -0.39 is 0 Å². The average Bonchev–Trinajstić information content (AvgIpc) is 2.34. The van der Waals surface area contributed by atoms with Crippen molar-refractivity contribution in [3.8, 4) is 0 Å². The van der Waals surface area contributed by atoms with E-state index >= 15 is 0 Å². The fourth-order valence-electron chi connectivity index (χ4n) is 1.09. The third-order valence-electron chi connectivity index (χ3n) is 1.62. The molecule has 1 N–H and O–H groups in total. The van der Waals surface area contributed by atoms with Gasteiger partial charge < -0.3 is 0 Å². The van der Waals surface area contributed by atoms with E-state index in [-0.39, 0.29) is 0 Å². The molecule has 0 atom stereocenters. The van der Waals surface area contributed by atoms with Crippen molar-refractivity contribution >= 4 is 37.0 Å². The van der Waals surface area contributed by atoms with Gasteiger partial charge in [-0.1, -0.05) is 0 Å². The van der Waals surface area contributed by atoms with Gasteiger partial charge in [-0.2, -0.15) is 0 Å². The Hall–Kier alpha value is -0.441. The molecular formula is C8H7NSn. The van der Waals surface area contributed by atoms with E-state index in [0.717, 1.165) is 0 Å². The maximum absolute atomic E-state index is 3.22. The van der Waals surface area contributed by atoms with Crippen LogP contribution >= 0.6 is 0 Å². The van der Waals surface area contributed by atoms with E-state index in [2.05, 4.69) is 35.4 Å². The molecule has 0 aliphatic rings. The van der Waals surface area contributed by atoms with Crippen molar-refractivity contribution < 1.29 is 0 Å². The standard InChI is InChI=1S/C8H6N.Sn.H/c1-2-4-8-7(3-1)5-6-9-8;;/h1-4,6,9H;;. The minimum atomic E-state index is 1.19. The van der Waals surface area contributed by atoms with Crippen molar-refractivity contribution in [1.82, 2.24) is 4.98 Å². The van der Waals surface area contributed by atoms with Gasteiger partial charge in [0, 0.05) is 0 Å². The molecule has 0 fully saturated rings. The summed E-state index contributed by atoms with van der Waals surface area (Å²) in [6, 6.07) is 8.40. The molecule has 2 rings (SSSR count). The third-order valence-corrected chi connectivity index (χ3v) is 2.98. The Bertz CT molecular complexity index is 351. The Morgan fingerprint density at radius 3 is 2.80 bits per heavy atom. The monoisotopic (exact) mass is 237 g/mol. The van der Waals surface area contributed by atoms with E-state index in [0.29, 0.717) is 0 Å². The zero-order valence-corrected chi connectivity index (χ0v) is 8.76. The predicted octanol–water partition coefficient (Wildman–Crippen LogP) is 0.694. The van der Waals surface area contributed by atoms with Crippen molar-refractivity contribution in [2.75, 3.05) is 0 Å². The summed E-state index contributed by atoms with van der Waals surface area (Å²) in [5.41, 5.74) is 1.25. The topological polar surface area (TPSA) is 15.8 Å². The molecule has 1 heterocycles. The van der Waals surface area contributed by atoms with Gasteiger partial charge in [-0.3, -0.25) is 0 Å². The van der Waals surface area contributed by atoms with Crippen LogP contribution in [0.1, 0.15) is 0 Å². The van der Waals surface area contributed by atoms with Crippen molar-refractivity contribution in [2.24, 2.45) is 0 Å². The zero-order chi connectivity index (χ0) is 6.97. The Balaban J connectivity index is 2.93. The number of rotatable bonds is 0. The Labute approximate surface area is 72.5 Å². The summed E-state index contributed by atoms with van der Waals surface area (Å²) >= 11 is 1.19. The number of nitrogens with one attached hydrogen (secondary N) is 1. The van der Waals surface area contributed by atoms with Crippen LogP contribution in [-0.2, 0) is 0 Å². The van der Waals surface area contributed by atoms with Crippen LogP contribution < -0.4 is 3.58 Å². The molecule has 0 saturated carbocycles. The molecule has 0 unspecified atom stereocenters. The van der Waals surface area contributed by atoms with Crippen LogP contribution in [0.3, 0.4) is 0 Å². The second kappa shape index (κ2) is 2.31. The summed E-state index contributed by atoms with van der Waals surface area (Å²) in [6.07, 6.45) is 2.09. The van der Waals surface area contributed by atoms with Gasteiger partial charge in [-0.05, 0) is 0 Å². The summed E-state index contributed by atoms with van der Waals surface area (Å²) in [5, 5.41) is 1.38. The van der Waals surface area contributed by atoms with E-state index in [9.17, 15) is 0 Å². The molecule has 1 nitrogen and oxygen atoms in total. The molecule has 0 aliphatic heterocycles. The summed E-state index contributed by atoms with van der Waals surface area (Å²) < 4.78 is 1.45. The molecule has 0 saturated heterocycles. The number of aromatic nitrogens is 1. The van der Waals surface area contributed by atoms with Gasteiger partial charge in [-0.25, -0.2) is 0 Å². The van der Waals surface area contributed by atoms with E-state index in [1.807, 2.05) is 0 Å². The molecular weight excluding hydrogens is 229 g/mol. The first-order valence-electron chi connectivity index (χ1n) is 3.19. The SMILES string of the molecule is [SnH][c]1c[nH]c2ccccc12. The molecule has 10 heavy (non-hydrogen) atoms.